The third-order valence-electron chi connectivity index (χ3n) is 7.40. The molecule has 4 aromatic carbocycles. The summed E-state index contributed by atoms with van der Waals surface area (Å²) in [6.07, 6.45) is 1.79. The molecule has 8 nitrogen and oxygen atoms in total. The van der Waals surface area contributed by atoms with Crippen LogP contribution in [0.15, 0.2) is 102 Å². The van der Waals surface area contributed by atoms with Crippen LogP contribution in [0.2, 0.25) is 0 Å². The largest absolute Gasteiger partial charge is 0.335 e. The first-order chi connectivity index (χ1) is 21.5. The highest BCUT2D eigenvalue weighted by Gasteiger charge is 2.18. The maximum atomic E-state index is 12.6. The molecule has 0 aromatic heterocycles. The van der Waals surface area contributed by atoms with Gasteiger partial charge in [0.25, 0.3) is 11.8 Å². The number of nitrogens with one attached hydrogen (secondary N) is 2. The van der Waals surface area contributed by atoms with Crippen LogP contribution in [0.4, 0.5) is 0 Å². The van der Waals surface area contributed by atoms with Crippen LogP contribution in [0.3, 0.4) is 0 Å². The number of amides is 2. The molecule has 0 aliphatic rings. The SMILES string of the molecule is Cc1ccc(CCCC(=O)c2ccc(C(=O)NCNC(=O)c3ccc(C(=O)CCS(=O)(=O)c4ccc(C)cc4)cc3)cc2)cc1. The van der Waals surface area contributed by atoms with Crippen molar-refractivity contribution in [2.24, 2.45) is 0 Å². The van der Waals surface area contributed by atoms with E-state index in [1.54, 1.807) is 36.4 Å². The Morgan fingerprint density at radius 3 is 1.47 bits per heavy atom. The molecule has 0 aliphatic heterocycles. The minimum absolute atomic E-state index is 0.0151. The van der Waals surface area contributed by atoms with E-state index >= 15 is 0 Å². The van der Waals surface area contributed by atoms with Gasteiger partial charge in [0.2, 0.25) is 0 Å². The Bertz CT molecular complexity index is 1760. The first kappa shape index (κ1) is 33.0. The van der Waals surface area contributed by atoms with Gasteiger partial charge in [0, 0.05) is 35.1 Å². The molecule has 0 fully saturated rings. The summed E-state index contributed by atoms with van der Waals surface area (Å²) >= 11 is 0. The molecule has 0 spiro atoms. The van der Waals surface area contributed by atoms with Gasteiger partial charge in [-0.15, -0.1) is 0 Å². The van der Waals surface area contributed by atoms with E-state index < -0.39 is 21.7 Å². The number of carbonyl (C=O) groups is 4. The minimum atomic E-state index is -3.59. The number of hydrogen-bond donors (Lipinski definition) is 2. The van der Waals surface area contributed by atoms with E-state index in [1.165, 1.54) is 47.5 Å². The van der Waals surface area contributed by atoms with E-state index in [0.29, 0.717) is 23.1 Å². The zero-order valence-corrected chi connectivity index (χ0v) is 26.2. The molecule has 0 saturated heterocycles. The fourth-order valence-corrected chi connectivity index (χ4v) is 5.85. The van der Waals surface area contributed by atoms with Crippen molar-refractivity contribution in [2.45, 2.75) is 44.4 Å². The molecule has 0 saturated carbocycles. The monoisotopic (exact) mass is 624 g/mol. The van der Waals surface area contributed by atoms with E-state index in [0.717, 1.165) is 18.4 Å². The maximum absolute atomic E-state index is 12.6. The fraction of sp³-hybridized carbons (Fsp3) is 0.222. The van der Waals surface area contributed by atoms with Gasteiger partial charge in [-0.25, -0.2) is 8.42 Å². The highest BCUT2D eigenvalue weighted by atomic mass is 32.2. The average molecular weight is 625 g/mol. The Morgan fingerprint density at radius 1 is 0.556 bits per heavy atom. The summed E-state index contributed by atoms with van der Waals surface area (Å²) in [7, 11) is -3.59. The molecular formula is C36H36N2O6S. The van der Waals surface area contributed by atoms with Gasteiger partial charge in [-0.3, -0.25) is 19.2 Å². The van der Waals surface area contributed by atoms with Gasteiger partial charge in [0.1, 0.15) is 0 Å². The van der Waals surface area contributed by atoms with Crippen molar-refractivity contribution in [1.82, 2.24) is 10.6 Å². The average Bonchev–Trinajstić information content (AvgIpc) is 3.04. The van der Waals surface area contributed by atoms with Crippen molar-refractivity contribution in [1.29, 1.82) is 0 Å². The summed E-state index contributed by atoms with van der Waals surface area (Å²) in [6, 6.07) is 27.0. The van der Waals surface area contributed by atoms with Gasteiger partial charge in [-0.1, -0.05) is 71.8 Å². The predicted octanol–water partition coefficient (Wildman–Crippen LogP) is 5.67. The maximum Gasteiger partial charge on any atom is 0.252 e. The number of benzene rings is 4. The van der Waals surface area contributed by atoms with E-state index in [-0.39, 0.29) is 40.9 Å². The highest BCUT2D eigenvalue weighted by molar-refractivity contribution is 7.91. The minimum Gasteiger partial charge on any atom is -0.335 e. The van der Waals surface area contributed by atoms with Crippen LogP contribution in [0.1, 0.15) is 77.4 Å². The molecule has 45 heavy (non-hydrogen) atoms. The van der Waals surface area contributed by atoms with Gasteiger partial charge in [0.15, 0.2) is 21.4 Å². The van der Waals surface area contributed by atoms with Gasteiger partial charge in [-0.2, -0.15) is 0 Å². The summed E-state index contributed by atoms with van der Waals surface area (Å²) in [5, 5.41) is 5.21. The van der Waals surface area contributed by atoms with Crippen LogP contribution in [0.5, 0.6) is 0 Å². The topological polar surface area (TPSA) is 126 Å². The predicted molar refractivity (Wildman–Crippen MR) is 173 cm³/mol. The second kappa shape index (κ2) is 15.2. The summed E-state index contributed by atoms with van der Waals surface area (Å²) < 4.78 is 25.1. The molecule has 4 aromatic rings. The number of rotatable bonds is 14. The lowest BCUT2D eigenvalue weighted by Crippen LogP contribution is -2.37. The number of hydrogen-bond acceptors (Lipinski definition) is 6. The summed E-state index contributed by atoms with van der Waals surface area (Å²) in [5.41, 5.74) is 4.80. The molecule has 9 heteroatoms. The molecule has 0 unspecified atom stereocenters. The molecular weight excluding hydrogens is 588 g/mol. The molecule has 2 amide bonds. The Balaban J connectivity index is 1.19. The van der Waals surface area contributed by atoms with E-state index in [2.05, 4.69) is 34.9 Å². The highest BCUT2D eigenvalue weighted by Crippen LogP contribution is 2.16. The quantitative estimate of drug-likeness (QED) is 0.138. The van der Waals surface area contributed by atoms with E-state index in [4.69, 9.17) is 0 Å². The number of aryl methyl sites for hydroxylation is 3. The van der Waals surface area contributed by atoms with Crippen molar-refractivity contribution in [2.75, 3.05) is 12.4 Å². The first-order valence-electron chi connectivity index (χ1n) is 14.7. The van der Waals surface area contributed by atoms with Crippen LogP contribution in [-0.2, 0) is 16.3 Å². The normalized spacial score (nSPS) is 11.1. The van der Waals surface area contributed by atoms with Crippen LogP contribution in [0.25, 0.3) is 0 Å². The fourth-order valence-electron chi connectivity index (χ4n) is 4.61. The van der Waals surface area contributed by atoms with Gasteiger partial charge < -0.3 is 10.6 Å². The van der Waals surface area contributed by atoms with Gasteiger partial charge in [0.05, 0.1) is 17.3 Å². The lowest BCUT2D eigenvalue weighted by atomic mass is 10.0. The molecule has 0 radical (unpaired) electrons. The summed E-state index contributed by atoms with van der Waals surface area (Å²) in [6.45, 7) is 3.77. The molecule has 0 atom stereocenters. The molecule has 4 rings (SSSR count). The van der Waals surface area contributed by atoms with Crippen molar-refractivity contribution < 1.29 is 27.6 Å². The lowest BCUT2D eigenvalue weighted by Gasteiger charge is -2.09. The summed E-state index contributed by atoms with van der Waals surface area (Å²) in [5.74, 6) is -1.51. The standard InChI is InChI=1S/C36H36N2O6S/c1-25-6-10-27(11-7-25)4-3-5-33(39)28-12-16-30(17-13-28)35(41)37-24-38-36(42)31-18-14-29(15-19-31)34(40)22-23-45(43,44)32-20-8-26(2)9-21-32/h6-21H,3-5,22-24H2,1-2H3,(H,37,41)(H,38,42). The van der Waals surface area contributed by atoms with Crippen molar-refractivity contribution in [3.63, 3.8) is 0 Å². The van der Waals surface area contributed by atoms with E-state index in [9.17, 15) is 27.6 Å². The first-order valence-corrected chi connectivity index (χ1v) is 16.3. The zero-order valence-electron chi connectivity index (χ0n) is 25.3. The molecule has 0 heterocycles. The van der Waals surface area contributed by atoms with Crippen LogP contribution in [0, 0.1) is 13.8 Å². The van der Waals surface area contributed by atoms with Crippen molar-refractivity contribution in [3.05, 3.63) is 136 Å². The second-order valence-electron chi connectivity index (χ2n) is 10.9. The van der Waals surface area contributed by atoms with E-state index in [1.807, 2.05) is 13.8 Å². The second-order valence-corrected chi connectivity index (χ2v) is 13.0. The van der Waals surface area contributed by atoms with Crippen molar-refractivity contribution in [3.8, 4) is 0 Å². The molecule has 0 aliphatic carbocycles. The van der Waals surface area contributed by atoms with Crippen LogP contribution >= 0.6 is 0 Å². The van der Waals surface area contributed by atoms with Crippen LogP contribution < -0.4 is 10.6 Å². The Kier molecular flexibility index (Phi) is 11.2. The van der Waals surface area contributed by atoms with Crippen LogP contribution in [-0.4, -0.2) is 44.2 Å². The Morgan fingerprint density at radius 2 is 0.978 bits per heavy atom. The van der Waals surface area contributed by atoms with Crippen molar-refractivity contribution >= 4 is 33.2 Å². The third kappa shape index (κ3) is 9.55. The number of ketones is 2. The molecule has 232 valence electrons. The summed E-state index contributed by atoms with van der Waals surface area (Å²) in [4.78, 5) is 50.4. The third-order valence-corrected chi connectivity index (χ3v) is 9.14. The lowest BCUT2D eigenvalue weighted by molar-refractivity contribution is 0.0915. The van der Waals surface area contributed by atoms with Gasteiger partial charge in [-0.05, 0) is 68.7 Å². The number of carbonyl (C=O) groups excluding carboxylic acids is 4. The molecule has 0 bridgehead atoms. The number of sulfone groups is 1. The molecule has 2 N–H and O–H groups in total. The number of Topliss-reactive ketones (excluding diaryl/α,β-unsaturated/α-hetero) is 2. The Hall–Kier alpha value is -4.89. The Labute approximate surface area is 263 Å². The smallest absolute Gasteiger partial charge is 0.252 e. The zero-order chi connectivity index (χ0) is 32.4. The van der Waals surface area contributed by atoms with Gasteiger partial charge >= 0.3 is 0 Å².